The predicted octanol–water partition coefficient (Wildman–Crippen LogP) is 5.02. The van der Waals surface area contributed by atoms with E-state index in [1.54, 1.807) is 48.5 Å². The maximum absolute atomic E-state index is 13.5. The summed E-state index contributed by atoms with van der Waals surface area (Å²) in [5.74, 6) is -0.332. The van der Waals surface area contributed by atoms with Crippen LogP contribution in [0.1, 0.15) is 19.4 Å². The molecule has 0 atom stereocenters. The van der Waals surface area contributed by atoms with Crippen LogP contribution >= 0.6 is 0 Å². The maximum atomic E-state index is 13.5. The van der Waals surface area contributed by atoms with Crippen LogP contribution in [0.4, 0.5) is 15.8 Å². The third-order valence-electron chi connectivity index (χ3n) is 5.05. The lowest BCUT2D eigenvalue weighted by Crippen LogP contribution is -2.32. The zero-order chi connectivity index (χ0) is 23.5. The van der Waals surface area contributed by atoms with Gasteiger partial charge < -0.3 is 14.8 Å². The highest BCUT2D eigenvalue weighted by Crippen LogP contribution is 2.36. The molecule has 0 saturated heterocycles. The van der Waals surface area contributed by atoms with Crippen LogP contribution in [0.25, 0.3) is 5.57 Å². The van der Waals surface area contributed by atoms with Crippen molar-refractivity contribution in [3.05, 3.63) is 89.9 Å². The molecule has 0 radical (unpaired) electrons. The quantitative estimate of drug-likeness (QED) is 0.517. The Labute approximate surface area is 191 Å². The van der Waals surface area contributed by atoms with Gasteiger partial charge in [0.25, 0.3) is 11.8 Å². The molecule has 4 rings (SSSR count). The summed E-state index contributed by atoms with van der Waals surface area (Å²) < 4.78 is 24.6. The van der Waals surface area contributed by atoms with Gasteiger partial charge in [0.1, 0.15) is 23.0 Å². The molecule has 0 saturated carbocycles. The molecule has 6 nitrogen and oxygen atoms in total. The Morgan fingerprint density at radius 3 is 2.18 bits per heavy atom. The molecule has 3 aromatic carbocycles. The van der Waals surface area contributed by atoms with Crippen molar-refractivity contribution in [3.63, 3.8) is 0 Å². The summed E-state index contributed by atoms with van der Waals surface area (Å²) in [6.45, 7) is 3.83. The Morgan fingerprint density at radius 1 is 0.879 bits per heavy atom. The van der Waals surface area contributed by atoms with Crippen LogP contribution in [-0.2, 0) is 9.59 Å². The molecule has 0 spiro atoms. The van der Waals surface area contributed by atoms with Crippen molar-refractivity contribution in [2.45, 2.75) is 20.0 Å². The van der Waals surface area contributed by atoms with Gasteiger partial charge in [-0.1, -0.05) is 24.3 Å². The van der Waals surface area contributed by atoms with Crippen LogP contribution in [0, 0.1) is 5.82 Å². The van der Waals surface area contributed by atoms with E-state index in [1.807, 2.05) is 13.8 Å². The van der Waals surface area contributed by atoms with Crippen LogP contribution in [0.2, 0.25) is 0 Å². The molecule has 0 fully saturated rings. The molecule has 0 aromatic heterocycles. The van der Waals surface area contributed by atoms with E-state index >= 15 is 0 Å². The Bertz CT molecular complexity index is 1220. The van der Waals surface area contributed by atoms with Crippen molar-refractivity contribution in [1.29, 1.82) is 0 Å². The molecule has 7 heteroatoms. The third-order valence-corrected chi connectivity index (χ3v) is 5.05. The number of para-hydroxylation sites is 2. The number of hydrogen-bond donors (Lipinski definition) is 1. The summed E-state index contributed by atoms with van der Waals surface area (Å²) >= 11 is 0. The molecule has 33 heavy (non-hydrogen) atoms. The van der Waals surface area contributed by atoms with Crippen LogP contribution in [0.15, 0.2) is 78.5 Å². The van der Waals surface area contributed by atoms with E-state index in [0.29, 0.717) is 28.4 Å². The number of amides is 2. The summed E-state index contributed by atoms with van der Waals surface area (Å²) in [7, 11) is 1.52. The first-order chi connectivity index (χ1) is 15.9. The summed E-state index contributed by atoms with van der Waals surface area (Å²) in [5, 5.41) is 3.07. The van der Waals surface area contributed by atoms with Gasteiger partial charge in [-0.05, 0) is 67.9 Å². The van der Waals surface area contributed by atoms with Crippen molar-refractivity contribution < 1.29 is 23.5 Å². The highest BCUT2D eigenvalue weighted by molar-refractivity contribution is 6.46. The number of anilines is 2. The zero-order valence-electron chi connectivity index (χ0n) is 18.5. The number of hydrogen-bond acceptors (Lipinski definition) is 5. The Balaban J connectivity index is 1.76. The van der Waals surface area contributed by atoms with Gasteiger partial charge >= 0.3 is 0 Å². The Hall–Kier alpha value is -4.13. The minimum absolute atomic E-state index is 0.00528. The average molecular weight is 446 g/mol. The Morgan fingerprint density at radius 2 is 1.55 bits per heavy atom. The van der Waals surface area contributed by atoms with Crippen molar-refractivity contribution in [3.8, 4) is 11.5 Å². The lowest BCUT2D eigenvalue weighted by molar-refractivity contribution is -0.120. The molecule has 0 unspecified atom stereocenters. The van der Waals surface area contributed by atoms with E-state index in [1.165, 1.54) is 31.4 Å². The van der Waals surface area contributed by atoms with E-state index in [2.05, 4.69) is 5.32 Å². The molecule has 3 aromatic rings. The minimum Gasteiger partial charge on any atom is -0.495 e. The molecule has 168 valence electrons. The lowest BCUT2D eigenvalue weighted by Gasteiger charge is -2.17. The highest BCUT2D eigenvalue weighted by Gasteiger charge is 2.40. The number of ether oxygens (including phenoxy) is 2. The molecular weight excluding hydrogens is 423 g/mol. The van der Waals surface area contributed by atoms with Crippen molar-refractivity contribution in [1.82, 2.24) is 0 Å². The average Bonchev–Trinajstić information content (AvgIpc) is 3.04. The molecular formula is C26H23FN2O4. The predicted molar refractivity (Wildman–Crippen MR) is 125 cm³/mol. The number of carbonyl (C=O) groups is 2. The Kier molecular flexibility index (Phi) is 6.13. The smallest absolute Gasteiger partial charge is 0.282 e. The minimum atomic E-state index is -0.525. The molecule has 1 aliphatic heterocycles. The fraction of sp³-hybridized carbons (Fsp3) is 0.154. The lowest BCUT2D eigenvalue weighted by atomic mass is 10.0. The van der Waals surface area contributed by atoms with E-state index in [0.717, 1.165) is 4.90 Å². The van der Waals surface area contributed by atoms with E-state index in [4.69, 9.17) is 9.47 Å². The number of carbonyl (C=O) groups excluding carboxylic acids is 2. The van der Waals surface area contributed by atoms with Crippen molar-refractivity contribution in [2.75, 3.05) is 17.3 Å². The molecule has 0 bridgehead atoms. The third kappa shape index (κ3) is 4.43. The summed E-state index contributed by atoms with van der Waals surface area (Å²) in [4.78, 5) is 28.0. The van der Waals surface area contributed by atoms with Gasteiger partial charge in [0.2, 0.25) is 0 Å². The van der Waals surface area contributed by atoms with Crippen molar-refractivity contribution in [2.24, 2.45) is 0 Å². The van der Waals surface area contributed by atoms with E-state index in [9.17, 15) is 14.0 Å². The molecule has 1 aliphatic rings. The second-order valence-corrected chi connectivity index (χ2v) is 7.69. The van der Waals surface area contributed by atoms with Crippen LogP contribution in [0.5, 0.6) is 11.5 Å². The van der Waals surface area contributed by atoms with Crippen LogP contribution in [-0.4, -0.2) is 25.0 Å². The first-order valence-electron chi connectivity index (χ1n) is 10.4. The van der Waals surface area contributed by atoms with Crippen LogP contribution in [0.3, 0.4) is 0 Å². The van der Waals surface area contributed by atoms with Crippen LogP contribution < -0.4 is 19.7 Å². The van der Waals surface area contributed by atoms with Gasteiger partial charge in [-0.15, -0.1) is 0 Å². The van der Waals surface area contributed by atoms with Gasteiger partial charge in [0, 0.05) is 0 Å². The second kappa shape index (κ2) is 9.16. The summed E-state index contributed by atoms with van der Waals surface area (Å²) in [6.07, 6.45) is -0.00528. The number of rotatable bonds is 7. The number of methoxy groups -OCH3 is 1. The number of nitrogens with one attached hydrogen (secondary N) is 1. The fourth-order valence-electron chi connectivity index (χ4n) is 3.59. The van der Waals surface area contributed by atoms with Gasteiger partial charge in [-0.25, -0.2) is 9.29 Å². The van der Waals surface area contributed by atoms with Gasteiger partial charge in [-0.3, -0.25) is 9.59 Å². The fourth-order valence-corrected chi connectivity index (χ4v) is 3.59. The SMILES string of the molecule is COc1ccccc1NC1=C(c2ccc(F)cc2)C(=O)N(c2ccc(OC(C)C)cc2)C1=O. The van der Waals surface area contributed by atoms with Gasteiger partial charge in [-0.2, -0.15) is 0 Å². The first kappa shape index (κ1) is 22.1. The molecule has 0 aliphatic carbocycles. The van der Waals surface area contributed by atoms with Crippen molar-refractivity contribution >= 4 is 28.8 Å². The number of nitrogens with zero attached hydrogens (tertiary/aromatic N) is 1. The number of imide groups is 1. The second-order valence-electron chi connectivity index (χ2n) is 7.69. The van der Waals surface area contributed by atoms with Gasteiger partial charge in [0.05, 0.1) is 30.2 Å². The maximum Gasteiger partial charge on any atom is 0.282 e. The largest absolute Gasteiger partial charge is 0.495 e. The topological polar surface area (TPSA) is 67.9 Å². The molecule has 1 heterocycles. The molecule has 2 amide bonds. The number of benzene rings is 3. The normalized spacial score (nSPS) is 13.7. The monoisotopic (exact) mass is 446 g/mol. The highest BCUT2D eigenvalue weighted by atomic mass is 19.1. The molecule has 1 N–H and O–H groups in total. The van der Waals surface area contributed by atoms with E-state index < -0.39 is 17.6 Å². The number of halogens is 1. The first-order valence-corrected chi connectivity index (χ1v) is 10.4. The zero-order valence-corrected chi connectivity index (χ0v) is 18.5. The standard InChI is InChI=1S/C26H23FN2O4/c1-16(2)33-20-14-12-19(13-15-20)29-25(30)23(17-8-10-18(27)11-9-17)24(26(29)31)28-21-6-4-5-7-22(21)32-3/h4-16,28H,1-3H3. The summed E-state index contributed by atoms with van der Waals surface area (Å²) in [6, 6.07) is 19.2. The van der Waals surface area contributed by atoms with E-state index in [-0.39, 0.29) is 17.4 Å². The summed E-state index contributed by atoms with van der Waals surface area (Å²) in [5.41, 5.74) is 1.58. The van der Waals surface area contributed by atoms with Gasteiger partial charge in [0.15, 0.2) is 0 Å².